The standard InChI is InChI=1S/C21H22N4O4S/c1-24(20(27)15-10-9-14(30-3)11-16(15)29-2)17-18(22)25(21(28)23-19(17)26)12-13-7-5-4-6-8-13/h4-11H,12,22H2,1-3H3,(H,23,26,28). The zero-order valence-electron chi connectivity index (χ0n) is 16.8. The number of aromatic amines is 1. The number of thioether (sulfide) groups is 1. The van der Waals surface area contributed by atoms with Gasteiger partial charge >= 0.3 is 5.69 Å². The lowest BCUT2D eigenvalue weighted by molar-refractivity contribution is 0.0989. The highest BCUT2D eigenvalue weighted by molar-refractivity contribution is 7.98. The topological polar surface area (TPSA) is 110 Å². The Morgan fingerprint density at radius 3 is 2.53 bits per heavy atom. The van der Waals surface area contributed by atoms with Crippen molar-refractivity contribution >= 4 is 29.2 Å². The van der Waals surface area contributed by atoms with Crippen molar-refractivity contribution in [3.8, 4) is 5.75 Å². The molecule has 3 aromatic rings. The molecule has 0 fully saturated rings. The van der Waals surface area contributed by atoms with Crippen molar-refractivity contribution in [2.75, 3.05) is 31.0 Å². The number of anilines is 2. The Balaban J connectivity index is 2.05. The van der Waals surface area contributed by atoms with Gasteiger partial charge in [0.2, 0.25) is 0 Å². The maximum atomic E-state index is 13.1. The number of amides is 1. The molecule has 156 valence electrons. The second kappa shape index (κ2) is 8.91. The summed E-state index contributed by atoms with van der Waals surface area (Å²) in [5.74, 6) is -0.198. The Labute approximate surface area is 177 Å². The van der Waals surface area contributed by atoms with Gasteiger partial charge in [0.25, 0.3) is 11.5 Å². The largest absolute Gasteiger partial charge is 0.496 e. The summed E-state index contributed by atoms with van der Waals surface area (Å²) in [7, 11) is 2.90. The molecule has 1 aromatic heterocycles. The van der Waals surface area contributed by atoms with Crippen LogP contribution in [0.5, 0.6) is 5.75 Å². The number of carbonyl (C=O) groups is 1. The predicted octanol–water partition coefficient (Wildman–Crippen LogP) is 2.17. The molecule has 0 aliphatic heterocycles. The summed E-state index contributed by atoms with van der Waals surface area (Å²) >= 11 is 1.51. The SMILES string of the molecule is COc1cc(SC)ccc1C(=O)N(C)c1c(N)n(Cc2ccccc2)c(=O)[nH]c1=O. The van der Waals surface area contributed by atoms with Gasteiger partial charge < -0.3 is 15.4 Å². The van der Waals surface area contributed by atoms with Crippen molar-refractivity contribution in [3.63, 3.8) is 0 Å². The molecule has 0 saturated carbocycles. The molecule has 1 heterocycles. The third-order valence-corrected chi connectivity index (χ3v) is 5.40. The third kappa shape index (κ3) is 4.11. The molecule has 0 aliphatic rings. The minimum absolute atomic E-state index is 0.0943. The van der Waals surface area contributed by atoms with Crippen LogP contribution in [0, 0.1) is 0 Å². The molecule has 0 bridgehead atoms. The van der Waals surface area contributed by atoms with Crippen LogP contribution in [-0.2, 0) is 6.54 Å². The molecule has 3 rings (SSSR count). The van der Waals surface area contributed by atoms with Gasteiger partial charge in [0.15, 0.2) is 5.69 Å². The Hall–Kier alpha value is -3.46. The average Bonchev–Trinajstić information content (AvgIpc) is 2.76. The average molecular weight is 426 g/mol. The highest BCUT2D eigenvalue weighted by Crippen LogP contribution is 2.28. The summed E-state index contributed by atoms with van der Waals surface area (Å²) in [6.45, 7) is 0.156. The molecule has 30 heavy (non-hydrogen) atoms. The van der Waals surface area contributed by atoms with Crippen LogP contribution in [-0.4, -0.2) is 35.9 Å². The first-order valence-corrected chi connectivity index (χ1v) is 10.3. The molecular weight excluding hydrogens is 404 g/mol. The third-order valence-electron chi connectivity index (χ3n) is 4.68. The van der Waals surface area contributed by atoms with Gasteiger partial charge in [-0.3, -0.25) is 19.1 Å². The van der Waals surface area contributed by atoms with E-state index < -0.39 is 17.2 Å². The summed E-state index contributed by atoms with van der Waals surface area (Å²) in [5, 5.41) is 0. The van der Waals surface area contributed by atoms with Gasteiger partial charge in [-0.25, -0.2) is 4.79 Å². The highest BCUT2D eigenvalue weighted by Gasteiger charge is 2.24. The van der Waals surface area contributed by atoms with Crippen LogP contribution >= 0.6 is 11.8 Å². The summed E-state index contributed by atoms with van der Waals surface area (Å²) in [6, 6.07) is 14.4. The number of aromatic nitrogens is 2. The second-order valence-corrected chi connectivity index (χ2v) is 7.37. The number of nitrogens with two attached hydrogens (primary N) is 1. The van der Waals surface area contributed by atoms with Crippen LogP contribution in [0.3, 0.4) is 0 Å². The number of nitrogens with zero attached hydrogens (tertiary/aromatic N) is 2. The van der Waals surface area contributed by atoms with Gasteiger partial charge in [-0.15, -0.1) is 11.8 Å². The minimum atomic E-state index is -0.739. The number of ether oxygens (including phenoxy) is 1. The van der Waals surface area contributed by atoms with E-state index in [0.29, 0.717) is 5.75 Å². The fourth-order valence-corrected chi connectivity index (χ4v) is 3.51. The summed E-state index contributed by atoms with van der Waals surface area (Å²) in [5.41, 5.74) is 5.79. The molecule has 0 saturated heterocycles. The fraction of sp³-hybridized carbons (Fsp3) is 0.190. The summed E-state index contributed by atoms with van der Waals surface area (Å²) in [4.78, 5) is 42.3. The Kier molecular flexibility index (Phi) is 6.31. The van der Waals surface area contributed by atoms with E-state index in [-0.39, 0.29) is 23.6 Å². The first-order chi connectivity index (χ1) is 14.4. The van der Waals surface area contributed by atoms with Crippen LogP contribution in [0.1, 0.15) is 15.9 Å². The summed E-state index contributed by atoms with van der Waals surface area (Å²) in [6.07, 6.45) is 1.92. The van der Waals surface area contributed by atoms with Crippen molar-refractivity contribution in [2.45, 2.75) is 11.4 Å². The first kappa shape index (κ1) is 21.3. The molecule has 0 unspecified atom stereocenters. The van der Waals surface area contributed by atoms with Crippen molar-refractivity contribution in [1.29, 1.82) is 0 Å². The molecule has 3 N–H and O–H groups in total. The van der Waals surface area contributed by atoms with E-state index in [1.807, 2.05) is 36.6 Å². The van der Waals surface area contributed by atoms with Crippen molar-refractivity contribution in [3.05, 3.63) is 80.5 Å². The zero-order chi connectivity index (χ0) is 21.8. The first-order valence-electron chi connectivity index (χ1n) is 9.04. The van der Waals surface area contributed by atoms with Crippen molar-refractivity contribution in [1.82, 2.24) is 9.55 Å². The van der Waals surface area contributed by atoms with Crippen LogP contribution < -0.4 is 26.6 Å². The lowest BCUT2D eigenvalue weighted by Crippen LogP contribution is -2.39. The zero-order valence-corrected chi connectivity index (χ0v) is 17.7. The maximum absolute atomic E-state index is 13.1. The number of nitrogen functional groups attached to an aromatic ring is 1. The van der Waals surface area contributed by atoms with E-state index in [2.05, 4.69) is 4.98 Å². The molecule has 8 nitrogen and oxygen atoms in total. The number of benzene rings is 2. The van der Waals surface area contributed by atoms with Crippen molar-refractivity contribution < 1.29 is 9.53 Å². The monoisotopic (exact) mass is 426 g/mol. The lowest BCUT2D eigenvalue weighted by Gasteiger charge is -2.21. The van der Waals surface area contributed by atoms with E-state index in [1.54, 1.807) is 18.2 Å². The number of H-pyrrole nitrogens is 1. The number of hydrogen-bond donors (Lipinski definition) is 2. The van der Waals surface area contributed by atoms with E-state index in [4.69, 9.17) is 10.5 Å². The molecule has 1 amide bonds. The number of carbonyl (C=O) groups excluding carboxylic acids is 1. The highest BCUT2D eigenvalue weighted by atomic mass is 32.2. The molecule has 0 aliphatic carbocycles. The van der Waals surface area contributed by atoms with Crippen LogP contribution in [0.4, 0.5) is 11.5 Å². The Morgan fingerprint density at radius 2 is 1.90 bits per heavy atom. The van der Waals surface area contributed by atoms with Crippen LogP contribution in [0.2, 0.25) is 0 Å². The van der Waals surface area contributed by atoms with Gasteiger partial charge in [0.05, 0.1) is 19.2 Å². The van der Waals surface area contributed by atoms with E-state index >= 15 is 0 Å². The number of rotatable bonds is 6. The van der Waals surface area contributed by atoms with Crippen LogP contribution in [0.15, 0.2) is 63.0 Å². The molecule has 2 aromatic carbocycles. The maximum Gasteiger partial charge on any atom is 0.330 e. The Morgan fingerprint density at radius 1 is 1.20 bits per heavy atom. The molecule has 9 heteroatoms. The molecule has 0 atom stereocenters. The smallest absolute Gasteiger partial charge is 0.330 e. The van der Waals surface area contributed by atoms with Crippen LogP contribution in [0.25, 0.3) is 0 Å². The van der Waals surface area contributed by atoms with Gasteiger partial charge in [0, 0.05) is 11.9 Å². The number of hydrogen-bond acceptors (Lipinski definition) is 6. The van der Waals surface area contributed by atoms with Gasteiger partial charge in [-0.1, -0.05) is 30.3 Å². The predicted molar refractivity (Wildman–Crippen MR) is 119 cm³/mol. The number of nitrogens with one attached hydrogen (secondary N) is 1. The van der Waals surface area contributed by atoms with E-state index in [9.17, 15) is 14.4 Å². The second-order valence-electron chi connectivity index (χ2n) is 6.50. The quantitative estimate of drug-likeness (QED) is 0.585. The van der Waals surface area contributed by atoms with E-state index in [1.165, 1.54) is 30.5 Å². The normalized spacial score (nSPS) is 10.6. The van der Waals surface area contributed by atoms with Gasteiger partial charge in [-0.2, -0.15) is 0 Å². The van der Waals surface area contributed by atoms with Crippen molar-refractivity contribution in [2.24, 2.45) is 0 Å². The van der Waals surface area contributed by atoms with Gasteiger partial charge in [0.1, 0.15) is 11.6 Å². The molecular formula is C21H22N4O4S. The Bertz CT molecular complexity index is 1190. The van der Waals surface area contributed by atoms with Gasteiger partial charge in [-0.05, 0) is 30.0 Å². The molecule has 0 spiro atoms. The number of methoxy groups -OCH3 is 1. The summed E-state index contributed by atoms with van der Waals surface area (Å²) < 4.78 is 6.57. The lowest BCUT2D eigenvalue weighted by atomic mass is 10.1. The van der Waals surface area contributed by atoms with E-state index in [0.717, 1.165) is 15.4 Å². The minimum Gasteiger partial charge on any atom is -0.496 e. The molecule has 0 radical (unpaired) electrons. The fourth-order valence-electron chi connectivity index (χ4n) is 3.08.